The number of carboxylic acids is 1. The van der Waals surface area contributed by atoms with Gasteiger partial charge in [0.15, 0.2) is 0 Å². The van der Waals surface area contributed by atoms with Gasteiger partial charge in [-0.15, -0.1) is 0 Å². The van der Waals surface area contributed by atoms with Crippen molar-refractivity contribution in [2.24, 2.45) is 0 Å². The van der Waals surface area contributed by atoms with Crippen molar-refractivity contribution in [2.75, 3.05) is 6.54 Å². The Kier molecular flexibility index (Phi) is 4.73. The fourth-order valence-corrected chi connectivity index (χ4v) is 1.48. The molecule has 1 aromatic carbocycles. The molecule has 0 aliphatic rings. The standard InChI is InChI=1S/C13H17NO2/c1-10(2)8-14-9-12-6-4-3-5-11(12)7-13(15)16/h3-6,14H,1,7-9H2,2H3,(H,15,16). The van der Waals surface area contributed by atoms with E-state index in [4.69, 9.17) is 5.11 Å². The van der Waals surface area contributed by atoms with E-state index in [2.05, 4.69) is 11.9 Å². The average Bonchev–Trinajstić information content (AvgIpc) is 2.19. The summed E-state index contributed by atoms with van der Waals surface area (Å²) in [6.45, 7) is 7.18. The molecule has 0 aliphatic heterocycles. The van der Waals surface area contributed by atoms with Crippen molar-refractivity contribution in [1.29, 1.82) is 0 Å². The highest BCUT2D eigenvalue weighted by atomic mass is 16.4. The summed E-state index contributed by atoms with van der Waals surface area (Å²) in [5.41, 5.74) is 2.96. The fraction of sp³-hybridized carbons (Fsp3) is 0.308. The van der Waals surface area contributed by atoms with Gasteiger partial charge in [0.1, 0.15) is 0 Å². The number of rotatable bonds is 6. The van der Waals surface area contributed by atoms with Crippen LogP contribution in [0.3, 0.4) is 0 Å². The van der Waals surface area contributed by atoms with Gasteiger partial charge < -0.3 is 10.4 Å². The molecule has 1 aromatic rings. The summed E-state index contributed by atoms with van der Waals surface area (Å²) in [6.07, 6.45) is 0.0743. The first-order valence-corrected chi connectivity index (χ1v) is 5.23. The van der Waals surface area contributed by atoms with Crippen molar-refractivity contribution in [3.63, 3.8) is 0 Å². The van der Waals surface area contributed by atoms with E-state index in [9.17, 15) is 4.79 Å². The van der Waals surface area contributed by atoms with E-state index >= 15 is 0 Å². The summed E-state index contributed by atoms with van der Waals surface area (Å²) in [7, 11) is 0. The van der Waals surface area contributed by atoms with E-state index in [0.29, 0.717) is 6.54 Å². The predicted octanol–water partition coefficient (Wildman–Crippen LogP) is 1.98. The zero-order valence-corrected chi connectivity index (χ0v) is 9.49. The van der Waals surface area contributed by atoms with Gasteiger partial charge in [0.05, 0.1) is 6.42 Å². The van der Waals surface area contributed by atoms with Crippen LogP contribution in [-0.2, 0) is 17.8 Å². The van der Waals surface area contributed by atoms with E-state index in [1.807, 2.05) is 31.2 Å². The molecule has 0 spiro atoms. The highest BCUT2D eigenvalue weighted by Gasteiger charge is 2.05. The van der Waals surface area contributed by atoms with Gasteiger partial charge >= 0.3 is 5.97 Å². The van der Waals surface area contributed by atoms with Crippen molar-refractivity contribution in [3.8, 4) is 0 Å². The molecule has 1 rings (SSSR count). The third-order valence-electron chi connectivity index (χ3n) is 2.20. The van der Waals surface area contributed by atoms with Crippen LogP contribution in [0.5, 0.6) is 0 Å². The molecule has 0 bridgehead atoms. The first kappa shape index (κ1) is 12.5. The van der Waals surface area contributed by atoms with E-state index in [0.717, 1.165) is 23.2 Å². The highest BCUT2D eigenvalue weighted by Crippen LogP contribution is 2.09. The predicted molar refractivity (Wildman–Crippen MR) is 64.3 cm³/mol. The smallest absolute Gasteiger partial charge is 0.307 e. The molecule has 0 unspecified atom stereocenters. The third-order valence-corrected chi connectivity index (χ3v) is 2.20. The van der Waals surface area contributed by atoms with Crippen LogP contribution in [0.4, 0.5) is 0 Å². The first-order chi connectivity index (χ1) is 7.59. The minimum absolute atomic E-state index is 0.0743. The van der Waals surface area contributed by atoms with Gasteiger partial charge in [-0.3, -0.25) is 4.79 Å². The molecule has 0 atom stereocenters. The quantitative estimate of drug-likeness (QED) is 0.719. The summed E-state index contributed by atoms with van der Waals surface area (Å²) in [4.78, 5) is 10.7. The molecule has 0 aromatic heterocycles. The minimum atomic E-state index is -0.799. The normalized spacial score (nSPS) is 10.1. The van der Waals surface area contributed by atoms with Crippen molar-refractivity contribution in [3.05, 3.63) is 47.5 Å². The molecule has 0 saturated carbocycles. The van der Waals surface area contributed by atoms with Crippen molar-refractivity contribution in [1.82, 2.24) is 5.32 Å². The Labute approximate surface area is 95.8 Å². The number of benzene rings is 1. The van der Waals surface area contributed by atoms with E-state index in [1.54, 1.807) is 0 Å². The molecule has 3 nitrogen and oxygen atoms in total. The van der Waals surface area contributed by atoms with E-state index < -0.39 is 5.97 Å². The van der Waals surface area contributed by atoms with Crippen molar-refractivity contribution in [2.45, 2.75) is 19.9 Å². The molecular weight excluding hydrogens is 202 g/mol. The van der Waals surface area contributed by atoms with Crippen LogP contribution >= 0.6 is 0 Å². The zero-order chi connectivity index (χ0) is 12.0. The van der Waals surface area contributed by atoms with Crippen LogP contribution in [0, 0.1) is 0 Å². The summed E-state index contributed by atoms with van der Waals surface area (Å²) >= 11 is 0. The second-order valence-corrected chi connectivity index (χ2v) is 3.90. The van der Waals surface area contributed by atoms with Crippen molar-refractivity contribution >= 4 is 5.97 Å². The number of nitrogens with one attached hydrogen (secondary N) is 1. The van der Waals surface area contributed by atoms with E-state index in [-0.39, 0.29) is 6.42 Å². The molecular formula is C13H17NO2. The average molecular weight is 219 g/mol. The Balaban J connectivity index is 2.63. The second kappa shape index (κ2) is 6.08. The van der Waals surface area contributed by atoms with Crippen LogP contribution < -0.4 is 5.32 Å². The molecule has 16 heavy (non-hydrogen) atoms. The maximum atomic E-state index is 10.7. The van der Waals surface area contributed by atoms with Gasteiger partial charge in [0.25, 0.3) is 0 Å². The molecule has 86 valence electrons. The van der Waals surface area contributed by atoms with Crippen LogP contribution in [0.15, 0.2) is 36.4 Å². The molecule has 0 aliphatic carbocycles. The van der Waals surface area contributed by atoms with Crippen LogP contribution in [0.1, 0.15) is 18.1 Å². The van der Waals surface area contributed by atoms with Gasteiger partial charge in [-0.05, 0) is 18.1 Å². The highest BCUT2D eigenvalue weighted by molar-refractivity contribution is 5.70. The second-order valence-electron chi connectivity index (χ2n) is 3.90. The molecule has 0 radical (unpaired) electrons. The summed E-state index contributed by atoms with van der Waals surface area (Å²) in [6, 6.07) is 7.58. The lowest BCUT2D eigenvalue weighted by Gasteiger charge is -2.08. The lowest BCUT2D eigenvalue weighted by Crippen LogP contribution is -2.17. The SMILES string of the molecule is C=C(C)CNCc1ccccc1CC(=O)O. The van der Waals surface area contributed by atoms with Gasteiger partial charge in [-0.25, -0.2) is 0 Å². The van der Waals surface area contributed by atoms with Gasteiger partial charge in [-0.1, -0.05) is 36.4 Å². The Morgan fingerprint density at radius 2 is 2.00 bits per heavy atom. The molecule has 0 saturated heterocycles. The minimum Gasteiger partial charge on any atom is -0.481 e. The van der Waals surface area contributed by atoms with Gasteiger partial charge in [0, 0.05) is 13.1 Å². The zero-order valence-electron chi connectivity index (χ0n) is 9.49. The molecule has 3 heteroatoms. The number of carbonyl (C=O) groups is 1. The Morgan fingerprint density at radius 1 is 1.38 bits per heavy atom. The first-order valence-electron chi connectivity index (χ1n) is 5.23. The number of aliphatic carboxylic acids is 1. The molecule has 0 amide bonds. The molecule has 0 fully saturated rings. The van der Waals surface area contributed by atoms with Gasteiger partial charge in [0.2, 0.25) is 0 Å². The third kappa shape index (κ3) is 4.28. The summed E-state index contributed by atoms with van der Waals surface area (Å²) in [5, 5.41) is 12.0. The van der Waals surface area contributed by atoms with Gasteiger partial charge in [-0.2, -0.15) is 0 Å². The summed E-state index contributed by atoms with van der Waals surface area (Å²) < 4.78 is 0. The van der Waals surface area contributed by atoms with Crippen molar-refractivity contribution < 1.29 is 9.90 Å². The number of carboxylic acid groups (broad SMARTS) is 1. The molecule has 0 heterocycles. The number of hydrogen-bond donors (Lipinski definition) is 2. The number of hydrogen-bond acceptors (Lipinski definition) is 2. The largest absolute Gasteiger partial charge is 0.481 e. The van der Waals surface area contributed by atoms with Crippen LogP contribution in [0.25, 0.3) is 0 Å². The topological polar surface area (TPSA) is 49.3 Å². The Morgan fingerprint density at radius 3 is 2.56 bits per heavy atom. The maximum absolute atomic E-state index is 10.7. The van der Waals surface area contributed by atoms with Crippen LogP contribution in [-0.4, -0.2) is 17.6 Å². The van der Waals surface area contributed by atoms with Crippen LogP contribution in [0.2, 0.25) is 0 Å². The lowest BCUT2D eigenvalue weighted by molar-refractivity contribution is -0.136. The maximum Gasteiger partial charge on any atom is 0.307 e. The molecule has 2 N–H and O–H groups in total. The fourth-order valence-electron chi connectivity index (χ4n) is 1.48. The summed E-state index contributed by atoms with van der Waals surface area (Å²) in [5.74, 6) is -0.799. The Bertz CT molecular complexity index is 385. The Hall–Kier alpha value is -1.61. The monoisotopic (exact) mass is 219 g/mol. The lowest BCUT2D eigenvalue weighted by atomic mass is 10.0. The van der Waals surface area contributed by atoms with E-state index in [1.165, 1.54) is 0 Å².